The minimum absolute atomic E-state index is 0.0930. The van der Waals surface area contributed by atoms with Gasteiger partial charge in [-0.25, -0.2) is 0 Å². The molecule has 1 saturated heterocycles. The molecule has 2 rings (SSSR count). The summed E-state index contributed by atoms with van der Waals surface area (Å²) in [7, 11) is 0. The summed E-state index contributed by atoms with van der Waals surface area (Å²) in [6.45, 7) is 7.32. The van der Waals surface area contributed by atoms with E-state index in [0.29, 0.717) is 6.04 Å². The van der Waals surface area contributed by atoms with Gasteiger partial charge in [0, 0.05) is 17.1 Å². The van der Waals surface area contributed by atoms with Crippen LogP contribution in [-0.2, 0) is 4.74 Å². The van der Waals surface area contributed by atoms with Crippen molar-refractivity contribution in [1.29, 1.82) is 0 Å². The predicted molar refractivity (Wildman–Crippen MR) is 69.5 cm³/mol. The molecule has 88 valence electrons. The number of hydrogen-bond donors (Lipinski definition) is 1. The molecule has 0 saturated carbocycles. The Labute approximate surface area is 106 Å². The van der Waals surface area contributed by atoms with E-state index in [1.807, 2.05) is 0 Å². The van der Waals surface area contributed by atoms with E-state index in [2.05, 4.69) is 66.3 Å². The molecular formula is C13H18BrNO. The number of rotatable bonds is 1. The molecule has 1 heterocycles. The van der Waals surface area contributed by atoms with Gasteiger partial charge in [0.25, 0.3) is 0 Å². The van der Waals surface area contributed by atoms with Gasteiger partial charge in [0.15, 0.2) is 0 Å². The van der Waals surface area contributed by atoms with Crippen molar-refractivity contribution in [2.75, 3.05) is 6.54 Å². The maximum atomic E-state index is 6.13. The zero-order chi connectivity index (χ0) is 11.8. The van der Waals surface area contributed by atoms with Crippen molar-refractivity contribution in [1.82, 2.24) is 5.32 Å². The molecule has 0 radical (unpaired) electrons. The second kappa shape index (κ2) is 4.47. The van der Waals surface area contributed by atoms with E-state index >= 15 is 0 Å². The molecule has 1 aliphatic rings. The normalized spacial score (nSPS) is 29.0. The van der Waals surface area contributed by atoms with Crippen LogP contribution in [0.15, 0.2) is 28.7 Å². The van der Waals surface area contributed by atoms with Crippen molar-refractivity contribution in [3.05, 3.63) is 34.3 Å². The summed E-state index contributed by atoms with van der Waals surface area (Å²) in [5, 5.41) is 3.50. The second-order valence-corrected chi connectivity index (χ2v) is 5.93. The van der Waals surface area contributed by atoms with Crippen LogP contribution >= 0.6 is 15.9 Å². The van der Waals surface area contributed by atoms with Gasteiger partial charge in [0.05, 0.1) is 11.7 Å². The quantitative estimate of drug-likeness (QED) is 0.854. The van der Waals surface area contributed by atoms with Crippen molar-refractivity contribution in [2.45, 2.75) is 38.5 Å². The highest BCUT2D eigenvalue weighted by molar-refractivity contribution is 9.10. The number of benzene rings is 1. The fourth-order valence-corrected chi connectivity index (χ4v) is 2.27. The summed E-state index contributed by atoms with van der Waals surface area (Å²) < 4.78 is 7.24. The highest BCUT2D eigenvalue weighted by Gasteiger charge is 2.33. The van der Waals surface area contributed by atoms with Crippen LogP contribution in [0.25, 0.3) is 0 Å². The smallest absolute Gasteiger partial charge is 0.0983 e. The third kappa shape index (κ3) is 2.65. The average molecular weight is 284 g/mol. The molecule has 1 aliphatic heterocycles. The Balaban J connectivity index is 2.21. The topological polar surface area (TPSA) is 21.3 Å². The number of hydrogen-bond acceptors (Lipinski definition) is 2. The lowest BCUT2D eigenvalue weighted by Crippen LogP contribution is -2.51. The molecule has 16 heavy (non-hydrogen) atoms. The Bertz CT molecular complexity index is 361. The first kappa shape index (κ1) is 12.1. The van der Waals surface area contributed by atoms with Gasteiger partial charge in [0.2, 0.25) is 0 Å². The molecule has 0 bridgehead atoms. The minimum Gasteiger partial charge on any atom is -0.365 e. The summed E-state index contributed by atoms with van der Waals surface area (Å²) in [4.78, 5) is 0. The summed E-state index contributed by atoms with van der Waals surface area (Å²) in [5.41, 5.74) is 1.14. The average Bonchev–Trinajstić information content (AvgIpc) is 2.23. The van der Waals surface area contributed by atoms with Crippen LogP contribution in [0.2, 0.25) is 0 Å². The molecular weight excluding hydrogens is 266 g/mol. The van der Waals surface area contributed by atoms with Gasteiger partial charge < -0.3 is 10.1 Å². The molecule has 3 heteroatoms. The zero-order valence-electron chi connectivity index (χ0n) is 9.96. The molecule has 2 unspecified atom stereocenters. The molecule has 0 spiro atoms. The summed E-state index contributed by atoms with van der Waals surface area (Å²) in [5.74, 6) is 0. The van der Waals surface area contributed by atoms with Gasteiger partial charge in [-0.15, -0.1) is 0 Å². The predicted octanol–water partition coefficient (Wildman–Crippen LogP) is 3.28. The van der Waals surface area contributed by atoms with Gasteiger partial charge in [-0.05, 0) is 38.5 Å². The number of morpholine rings is 1. The van der Waals surface area contributed by atoms with E-state index in [1.54, 1.807) is 0 Å². The van der Waals surface area contributed by atoms with Crippen LogP contribution in [0, 0.1) is 0 Å². The maximum Gasteiger partial charge on any atom is 0.0983 e. The molecule has 0 amide bonds. The Morgan fingerprint density at radius 1 is 1.31 bits per heavy atom. The molecule has 1 aromatic carbocycles. The molecule has 1 aromatic rings. The van der Waals surface area contributed by atoms with Crippen LogP contribution in [0.5, 0.6) is 0 Å². The summed E-state index contributed by atoms with van der Waals surface area (Å²) in [6.07, 6.45) is 0.136. The standard InChI is InChI=1S/C13H18BrNO/c1-9-12(16-13(2,3)8-15-9)10-4-6-11(14)7-5-10/h4-7,9,12,15H,8H2,1-3H3. The van der Waals surface area contributed by atoms with E-state index in [0.717, 1.165) is 11.0 Å². The van der Waals surface area contributed by atoms with Crippen LogP contribution in [0.4, 0.5) is 0 Å². The van der Waals surface area contributed by atoms with Gasteiger partial charge in [-0.1, -0.05) is 28.1 Å². The van der Waals surface area contributed by atoms with Crippen molar-refractivity contribution in [3.63, 3.8) is 0 Å². The summed E-state index contributed by atoms with van der Waals surface area (Å²) >= 11 is 3.45. The second-order valence-electron chi connectivity index (χ2n) is 5.02. The van der Waals surface area contributed by atoms with Crippen molar-refractivity contribution in [2.24, 2.45) is 0 Å². The Hall–Kier alpha value is -0.380. The highest BCUT2D eigenvalue weighted by atomic mass is 79.9. The van der Waals surface area contributed by atoms with Crippen molar-refractivity contribution >= 4 is 15.9 Å². The minimum atomic E-state index is -0.0930. The number of nitrogens with one attached hydrogen (secondary N) is 1. The maximum absolute atomic E-state index is 6.13. The van der Waals surface area contributed by atoms with E-state index < -0.39 is 0 Å². The van der Waals surface area contributed by atoms with Crippen LogP contribution in [0.1, 0.15) is 32.4 Å². The summed E-state index contributed by atoms with van der Waals surface area (Å²) in [6, 6.07) is 8.72. The van der Waals surface area contributed by atoms with E-state index in [9.17, 15) is 0 Å². The molecule has 1 N–H and O–H groups in total. The molecule has 1 fully saturated rings. The van der Waals surface area contributed by atoms with Gasteiger partial charge >= 0.3 is 0 Å². The number of halogens is 1. The lowest BCUT2D eigenvalue weighted by atomic mass is 9.97. The zero-order valence-corrected chi connectivity index (χ0v) is 11.5. The first-order valence-corrected chi connectivity index (χ1v) is 6.44. The highest BCUT2D eigenvalue weighted by Crippen LogP contribution is 2.31. The fourth-order valence-electron chi connectivity index (χ4n) is 2.01. The van der Waals surface area contributed by atoms with Gasteiger partial charge in [-0.3, -0.25) is 0 Å². The van der Waals surface area contributed by atoms with Crippen molar-refractivity contribution < 1.29 is 4.74 Å². The fraction of sp³-hybridized carbons (Fsp3) is 0.538. The van der Waals surface area contributed by atoms with E-state index in [-0.39, 0.29) is 11.7 Å². The largest absolute Gasteiger partial charge is 0.365 e. The first-order chi connectivity index (χ1) is 7.48. The van der Waals surface area contributed by atoms with Crippen LogP contribution in [-0.4, -0.2) is 18.2 Å². The van der Waals surface area contributed by atoms with Gasteiger partial charge in [-0.2, -0.15) is 0 Å². The van der Waals surface area contributed by atoms with E-state index in [1.165, 1.54) is 5.56 Å². The molecule has 0 aliphatic carbocycles. The monoisotopic (exact) mass is 283 g/mol. The van der Waals surface area contributed by atoms with Crippen molar-refractivity contribution in [3.8, 4) is 0 Å². The molecule has 0 aromatic heterocycles. The number of ether oxygens (including phenoxy) is 1. The van der Waals surface area contributed by atoms with Crippen LogP contribution < -0.4 is 5.32 Å². The van der Waals surface area contributed by atoms with Gasteiger partial charge in [0.1, 0.15) is 0 Å². The Morgan fingerprint density at radius 3 is 2.56 bits per heavy atom. The van der Waals surface area contributed by atoms with E-state index in [4.69, 9.17) is 4.74 Å². The SMILES string of the molecule is CC1NCC(C)(C)OC1c1ccc(Br)cc1. The van der Waals surface area contributed by atoms with Crippen LogP contribution in [0.3, 0.4) is 0 Å². The Morgan fingerprint density at radius 2 is 1.94 bits per heavy atom. The third-order valence-corrected chi connectivity index (χ3v) is 3.48. The molecule has 2 nitrogen and oxygen atoms in total. The Kier molecular flexibility index (Phi) is 3.38. The third-order valence-electron chi connectivity index (χ3n) is 2.95. The molecule has 2 atom stereocenters. The first-order valence-electron chi connectivity index (χ1n) is 5.65. The lowest BCUT2D eigenvalue weighted by molar-refractivity contribution is -0.114. The lowest BCUT2D eigenvalue weighted by Gasteiger charge is -2.41.